The molecule has 0 spiro atoms. The van der Waals surface area contributed by atoms with Gasteiger partial charge >= 0.3 is 0 Å². The summed E-state index contributed by atoms with van der Waals surface area (Å²) in [6.45, 7) is 5.92. The molecule has 0 bridgehead atoms. The SMILES string of the molecule is COc1ccn2c(C(O)c3ccc4c(c3)COc3cc(F)ccc3/C4=C(\C)C#N)c(C(C)C)nc2n1. The Labute approximate surface area is 208 Å². The molecule has 1 aliphatic heterocycles. The lowest BCUT2D eigenvalue weighted by Crippen LogP contribution is -2.09. The first kappa shape index (κ1) is 23.5. The van der Waals surface area contributed by atoms with Crippen molar-refractivity contribution in [3.63, 3.8) is 0 Å². The molecule has 1 aliphatic rings. The molecule has 0 radical (unpaired) electrons. The molecular formula is C28H25FN4O3. The minimum absolute atomic E-state index is 0.0451. The normalized spacial score (nSPS) is 14.9. The van der Waals surface area contributed by atoms with Gasteiger partial charge in [0, 0.05) is 35.0 Å². The highest BCUT2D eigenvalue weighted by Crippen LogP contribution is 2.40. The molecule has 36 heavy (non-hydrogen) atoms. The van der Waals surface area contributed by atoms with Crippen molar-refractivity contribution in [2.75, 3.05) is 7.11 Å². The number of ether oxygens (including phenoxy) is 2. The molecule has 4 aromatic rings. The second kappa shape index (κ2) is 9.10. The number of hydrogen-bond acceptors (Lipinski definition) is 6. The second-order valence-electron chi connectivity index (χ2n) is 9.04. The van der Waals surface area contributed by atoms with E-state index in [0.717, 1.165) is 16.8 Å². The summed E-state index contributed by atoms with van der Waals surface area (Å²) in [5.74, 6) is 0.890. The number of benzene rings is 2. The van der Waals surface area contributed by atoms with Crippen LogP contribution in [-0.4, -0.2) is 26.6 Å². The summed E-state index contributed by atoms with van der Waals surface area (Å²) in [5, 5.41) is 21.2. The monoisotopic (exact) mass is 484 g/mol. The Kier molecular flexibility index (Phi) is 5.94. The molecule has 182 valence electrons. The van der Waals surface area contributed by atoms with E-state index in [1.165, 1.54) is 12.1 Å². The number of methoxy groups -OCH3 is 1. The number of imidazole rings is 1. The summed E-state index contributed by atoms with van der Waals surface area (Å²) in [6, 6.07) is 13.8. The molecule has 0 saturated carbocycles. The van der Waals surface area contributed by atoms with Crippen LogP contribution in [0, 0.1) is 17.1 Å². The number of hydrogen-bond donors (Lipinski definition) is 1. The molecule has 8 heteroatoms. The van der Waals surface area contributed by atoms with E-state index in [2.05, 4.69) is 16.0 Å². The lowest BCUT2D eigenvalue weighted by Gasteiger charge is -2.17. The highest BCUT2D eigenvalue weighted by atomic mass is 19.1. The summed E-state index contributed by atoms with van der Waals surface area (Å²) < 4.78 is 26.9. The third-order valence-electron chi connectivity index (χ3n) is 6.40. The Hall–Kier alpha value is -4.22. The van der Waals surface area contributed by atoms with Gasteiger partial charge in [-0.2, -0.15) is 10.2 Å². The van der Waals surface area contributed by atoms with Crippen LogP contribution in [0.5, 0.6) is 11.6 Å². The largest absolute Gasteiger partial charge is 0.488 e. The van der Waals surface area contributed by atoms with E-state index in [4.69, 9.17) is 9.47 Å². The number of fused-ring (bicyclic) bond motifs is 3. The zero-order valence-corrected chi connectivity index (χ0v) is 20.4. The van der Waals surface area contributed by atoms with Crippen LogP contribution >= 0.6 is 0 Å². The van der Waals surface area contributed by atoms with Crippen molar-refractivity contribution >= 4 is 11.4 Å². The summed E-state index contributed by atoms with van der Waals surface area (Å²) >= 11 is 0. The standard InChI is InChI=1S/C28H25FN4O3/c1-15(2)25-26(33-10-9-23(35-4)31-28(33)32-25)27(34)17-5-7-20-18(11-17)14-36-22-12-19(29)6-8-21(22)24(20)16(3)13-30/h5-12,15,27,34H,14H2,1-4H3/b24-16+. The van der Waals surface area contributed by atoms with E-state index in [1.54, 1.807) is 36.8 Å². The number of nitrogens with zero attached hydrogens (tertiary/aromatic N) is 4. The molecule has 5 rings (SSSR count). The van der Waals surface area contributed by atoms with Crippen molar-refractivity contribution in [1.29, 1.82) is 5.26 Å². The Balaban J connectivity index is 1.65. The fourth-order valence-electron chi connectivity index (χ4n) is 4.65. The maximum atomic E-state index is 14.0. The van der Waals surface area contributed by atoms with Crippen molar-refractivity contribution in [1.82, 2.24) is 14.4 Å². The molecule has 1 atom stereocenters. The summed E-state index contributed by atoms with van der Waals surface area (Å²) in [6.07, 6.45) is 0.790. The van der Waals surface area contributed by atoms with Crippen LogP contribution in [0.3, 0.4) is 0 Å². The van der Waals surface area contributed by atoms with E-state index in [9.17, 15) is 14.8 Å². The first-order valence-corrected chi connectivity index (χ1v) is 11.6. The first-order valence-electron chi connectivity index (χ1n) is 11.6. The highest BCUT2D eigenvalue weighted by molar-refractivity contribution is 5.88. The Bertz CT molecular complexity index is 1570. The quantitative estimate of drug-likeness (QED) is 0.394. The zero-order chi connectivity index (χ0) is 25.6. The maximum absolute atomic E-state index is 14.0. The van der Waals surface area contributed by atoms with Crippen molar-refractivity contribution in [2.24, 2.45) is 0 Å². The molecule has 1 unspecified atom stereocenters. The first-order chi connectivity index (χ1) is 17.3. The molecule has 0 aliphatic carbocycles. The third kappa shape index (κ3) is 3.88. The predicted molar refractivity (Wildman–Crippen MR) is 132 cm³/mol. The molecule has 0 amide bonds. The molecular weight excluding hydrogens is 459 g/mol. The van der Waals surface area contributed by atoms with Gasteiger partial charge < -0.3 is 14.6 Å². The van der Waals surface area contributed by atoms with Gasteiger partial charge in [-0.15, -0.1) is 0 Å². The summed E-state index contributed by atoms with van der Waals surface area (Å²) in [4.78, 5) is 9.08. The number of aromatic nitrogens is 3. The number of allylic oxidation sites excluding steroid dienone is 1. The van der Waals surface area contributed by atoms with Gasteiger partial charge in [-0.25, -0.2) is 9.37 Å². The Morgan fingerprint density at radius 1 is 1.17 bits per heavy atom. The fourth-order valence-corrected chi connectivity index (χ4v) is 4.65. The molecule has 0 saturated heterocycles. The van der Waals surface area contributed by atoms with Gasteiger partial charge in [-0.1, -0.05) is 26.0 Å². The topological polar surface area (TPSA) is 92.7 Å². The number of aliphatic hydroxyl groups excluding tert-OH is 1. The van der Waals surface area contributed by atoms with Crippen molar-refractivity contribution < 1.29 is 19.0 Å². The van der Waals surface area contributed by atoms with Gasteiger partial charge in [0.2, 0.25) is 11.7 Å². The van der Waals surface area contributed by atoms with E-state index in [1.807, 2.05) is 32.0 Å². The van der Waals surface area contributed by atoms with Crippen LogP contribution in [0.15, 0.2) is 54.2 Å². The van der Waals surface area contributed by atoms with Crippen LogP contribution in [-0.2, 0) is 6.61 Å². The molecule has 7 nitrogen and oxygen atoms in total. The summed E-state index contributed by atoms with van der Waals surface area (Å²) in [7, 11) is 1.54. The lowest BCUT2D eigenvalue weighted by molar-refractivity contribution is 0.212. The molecule has 2 aromatic carbocycles. The number of nitriles is 1. The van der Waals surface area contributed by atoms with Crippen LogP contribution in [0.1, 0.15) is 66.4 Å². The highest BCUT2D eigenvalue weighted by Gasteiger charge is 2.27. The molecule has 3 heterocycles. The molecule has 0 fully saturated rings. The fraction of sp³-hybridized carbons (Fsp3) is 0.250. The molecule has 2 aromatic heterocycles. The number of halogens is 1. The average Bonchev–Trinajstić information content (AvgIpc) is 3.19. The van der Waals surface area contributed by atoms with Crippen LogP contribution in [0.2, 0.25) is 0 Å². The van der Waals surface area contributed by atoms with Gasteiger partial charge in [-0.3, -0.25) is 4.40 Å². The smallest absolute Gasteiger partial charge is 0.237 e. The van der Waals surface area contributed by atoms with Gasteiger partial charge in [-0.05, 0) is 47.7 Å². The third-order valence-corrected chi connectivity index (χ3v) is 6.40. The van der Waals surface area contributed by atoms with Gasteiger partial charge in [0.15, 0.2) is 0 Å². The molecule has 1 N–H and O–H groups in total. The average molecular weight is 485 g/mol. The minimum atomic E-state index is -0.995. The van der Waals surface area contributed by atoms with Crippen LogP contribution in [0.4, 0.5) is 4.39 Å². The van der Waals surface area contributed by atoms with Gasteiger partial charge in [0.05, 0.1) is 24.6 Å². The van der Waals surface area contributed by atoms with Crippen LogP contribution in [0.25, 0.3) is 11.4 Å². The van der Waals surface area contributed by atoms with Crippen molar-refractivity contribution in [2.45, 2.75) is 39.4 Å². The van der Waals surface area contributed by atoms with Gasteiger partial charge in [0.1, 0.15) is 24.3 Å². The van der Waals surface area contributed by atoms with Crippen molar-refractivity contribution in [3.8, 4) is 17.7 Å². The van der Waals surface area contributed by atoms with E-state index in [-0.39, 0.29) is 12.5 Å². The van der Waals surface area contributed by atoms with Crippen LogP contribution < -0.4 is 9.47 Å². The van der Waals surface area contributed by atoms with E-state index >= 15 is 0 Å². The zero-order valence-electron chi connectivity index (χ0n) is 20.4. The van der Waals surface area contributed by atoms with Gasteiger partial charge in [0.25, 0.3) is 0 Å². The van der Waals surface area contributed by atoms with E-state index < -0.39 is 11.9 Å². The Morgan fingerprint density at radius 3 is 2.67 bits per heavy atom. The summed E-state index contributed by atoms with van der Waals surface area (Å²) in [5.41, 5.74) is 5.44. The second-order valence-corrected chi connectivity index (χ2v) is 9.04. The number of aliphatic hydroxyl groups is 1. The number of rotatable bonds is 4. The van der Waals surface area contributed by atoms with E-state index in [0.29, 0.717) is 45.4 Å². The predicted octanol–water partition coefficient (Wildman–Crippen LogP) is 5.32. The maximum Gasteiger partial charge on any atom is 0.237 e. The minimum Gasteiger partial charge on any atom is -0.488 e. The van der Waals surface area contributed by atoms with Crippen molar-refractivity contribution in [3.05, 3.63) is 93.7 Å². The Morgan fingerprint density at radius 2 is 1.94 bits per heavy atom. The lowest BCUT2D eigenvalue weighted by atomic mass is 9.89.